The third-order valence-electron chi connectivity index (χ3n) is 4.30. The summed E-state index contributed by atoms with van der Waals surface area (Å²) in [4.78, 5) is 4.68. The van der Waals surface area contributed by atoms with Crippen LogP contribution >= 0.6 is 19.3 Å². The smallest absolute Gasteiger partial charge is 0.0897 e. The molecule has 0 saturated heterocycles. The Morgan fingerprint density at radius 2 is 1.35 bits per heavy atom. The van der Waals surface area contributed by atoms with Crippen LogP contribution in [0.1, 0.15) is 16.3 Å². The third-order valence-corrected chi connectivity index (χ3v) is 7.67. The molecule has 0 bridgehead atoms. The maximum atomic E-state index is 4.68. The minimum absolute atomic E-state index is 0.581. The molecule has 3 heteroatoms. The first-order valence-electron chi connectivity index (χ1n) is 8.70. The molecule has 0 N–H and O–H groups in total. The number of aryl methyl sites for hydroxylation is 1. The highest BCUT2D eigenvalue weighted by Crippen LogP contribution is 2.34. The molecule has 0 amide bonds. The minimum Gasteiger partial charge on any atom is -0.246 e. The highest BCUT2D eigenvalue weighted by Gasteiger charge is 2.19. The second-order valence-corrected chi connectivity index (χ2v) is 9.42. The van der Waals surface area contributed by atoms with Gasteiger partial charge in [-0.05, 0) is 36.3 Å². The van der Waals surface area contributed by atoms with Crippen LogP contribution in [0.4, 0.5) is 0 Å². The van der Waals surface area contributed by atoms with Gasteiger partial charge in [0, 0.05) is 11.8 Å². The lowest BCUT2D eigenvalue weighted by Crippen LogP contribution is -2.23. The molecular weight excluding hydrogens is 353 g/mol. The first-order chi connectivity index (χ1) is 12.8. The Morgan fingerprint density at radius 3 is 1.92 bits per heavy atom. The van der Waals surface area contributed by atoms with Gasteiger partial charge in [-0.3, -0.25) is 0 Å². The van der Waals surface area contributed by atoms with Gasteiger partial charge in [-0.2, -0.15) is 0 Å². The van der Waals surface area contributed by atoms with Crippen LogP contribution in [0.15, 0.2) is 90.3 Å². The number of thiazole rings is 1. The van der Waals surface area contributed by atoms with E-state index in [1.54, 1.807) is 11.3 Å². The molecule has 3 aromatic carbocycles. The first kappa shape index (κ1) is 17.1. The van der Waals surface area contributed by atoms with Crippen molar-refractivity contribution < 1.29 is 0 Å². The Morgan fingerprint density at radius 1 is 0.769 bits per heavy atom. The third kappa shape index (κ3) is 3.77. The number of aromatic nitrogens is 1. The van der Waals surface area contributed by atoms with Gasteiger partial charge in [0.25, 0.3) is 0 Å². The fourth-order valence-electron chi connectivity index (χ4n) is 3.14. The molecule has 0 aliphatic carbocycles. The van der Waals surface area contributed by atoms with Crippen LogP contribution in [0.2, 0.25) is 0 Å². The van der Waals surface area contributed by atoms with Gasteiger partial charge in [-0.25, -0.2) is 4.98 Å². The number of nitrogens with zero attached hydrogens (tertiary/aromatic N) is 1. The van der Waals surface area contributed by atoms with Crippen LogP contribution in [0.5, 0.6) is 0 Å². The Balaban J connectivity index is 1.82. The average Bonchev–Trinajstić information content (AvgIpc) is 3.10. The quantitative estimate of drug-likeness (QED) is 0.458. The predicted molar refractivity (Wildman–Crippen MR) is 115 cm³/mol. The van der Waals surface area contributed by atoms with Gasteiger partial charge >= 0.3 is 0 Å². The second-order valence-electron chi connectivity index (χ2n) is 6.17. The largest absolute Gasteiger partial charge is 0.246 e. The zero-order chi connectivity index (χ0) is 17.8. The van der Waals surface area contributed by atoms with E-state index in [4.69, 9.17) is 0 Å². The molecule has 128 valence electrons. The number of rotatable bonds is 5. The number of hydrogen-bond acceptors (Lipinski definition) is 2. The lowest BCUT2D eigenvalue weighted by atomic mass is 10.1. The van der Waals surface area contributed by atoms with Gasteiger partial charge in [-0.1, -0.05) is 84.9 Å². The van der Waals surface area contributed by atoms with Gasteiger partial charge < -0.3 is 0 Å². The minimum atomic E-state index is -0.581. The fourth-order valence-corrected chi connectivity index (χ4v) is 6.23. The highest BCUT2D eigenvalue weighted by atomic mass is 32.1. The molecule has 0 aliphatic rings. The Kier molecular flexibility index (Phi) is 5.24. The van der Waals surface area contributed by atoms with Crippen molar-refractivity contribution in [3.8, 4) is 0 Å². The van der Waals surface area contributed by atoms with E-state index in [1.165, 1.54) is 21.5 Å². The summed E-state index contributed by atoms with van der Waals surface area (Å²) in [5.41, 5.74) is 2.53. The van der Waals surface area contributed by atoms with Crippen molar-refractivity contribution in [3.05, 3.63) is 107 Å². The van der Waals surface area contributed by atoms with Crippen LogP contribution in [0.25, 0.3) is 0 Å². The normalized spacial score (nSPS) is 11.0. The van der Waals surface area contributed by atoms with E-state index in [9.17, 15) is 0 Å². The number of benzene rings is 3. The molecular formula is C23H20NPS. The maximum absolute atomic E-state index is 4.68. The van der Waals surface area contributed by atoms with Crippen molar-refractivity contribution >= 4 is 35.2 Å². The lowest BCUT2D eigenvalue weighted by molar-refractivity contribution is 1.09. The van der Waals surface area contributed by atoms with Crippen LogP contribution in [0.3, 0.4) is 0 Å². The van der Waals surface area contributed by atoms with Crippen molar-refractivity contribution in [3.63, 3.8) is 0 Å². The summed E-state index contributed by atoms with van der Waals surface area (Å²) in [5.74, 6) is 0. The Bertz CT molecular complexity index is 940. The summed E-state index contributed by atoms with van der Waals surface area (Å²) in [6, 6.07) is 30.6. The van der Waals surface area contributed by atoms with E-state index >= 15 is 0 Å². The van der Waals surface area contributed by atoms with Gasteiger partial charge in [-0.15, -0.1) is 11.3 Å². The van der Waals surface area contributed by atoms with Gasteiger partial charge in [0.15, 0.2) is 0 Å². The van der Waals surface area contributed by atoms with Crippen molar-refractivity contribution in [2.75, 3.05) is 0 Å². The second kappa shape index (κ2) is 7.95. The average molecular weight is 373 g/mol. The summed E-state index contributed by atoms with van der Waals surface area (Å²) in [6.45, 7) is 2.07. The van der Waals surface area contributed by atoms with Crippen molar-refractivity contribution in [1.29, 1.82) is 0 Å². The van der Waals surface area contributed by atoms with Crippen LogP contribution < -0.4 is 15.9 Å². The fraction of sp³-hybridized carbons (Fsp3) is 0.0870. The molecule has 0 radical (unpaired) electrons. The van der Waals surface area contributed by atoms with Crippen LogP contribution in [0, 0.1) is 6.92 Å². The monoisotopic (exact) mass is 373 g/mol. The summed E-state index contributed by atoms with van der Waals surface area (Å²) in [7, 11) is -0.581. The van der Waals surface area contributed by atoms with Crippen LogP contribution in [-0.4, -0.2) is 4.98 Å². The predicted octanol–water partition coefficient (Wildman–Crippen LogP) is 4.80. The molecule has 0 atom stereocenters. The standard InChI is InChI=1S/C23H20NPS/c1-18-24-20(17-26-18)16-19-10-8-9-15-23(19)25(21-11-4-2-5-12-21)22-13-6-3-7-14-22/h2-15,17H,16H2,1H3. The van der Waals surface area contributed by atoms with Gasteiger partial charge in [0.05, 0.1) is 10.7 Å². The number of hydrogen-bond donors (Lipinski definition) is 0. The molecule has 0 aliphatic heterocycles. The van der Waals surface area contributed by atoms with E-state index in [-0.39, 0.29) is 0 Å². The molecule has 0 fully saturated rings. The van der Waals surface area contributed by atoms with E-state index < -0.39 is 7.92 Å². The molecule has 0 spiro atoms. The zero-order valence-corrected chi connectivity index (χ0v) is 16.4. The molecule has 1 nitrogen and oxygen atoms in total. The molecule has 4 rings (SSSR count). The Labute approximate surface area is 160 Å². The molecule has 1 heterocycles. The van der Waals surface area contributed by atoms with Gasteiger partial charge in [0.2, 0.25) is 0 Å². The Hall–Kier alpha value is -2.28. The van der Waals surface area contributed by atoms with Crippen molar-refractivity contribution in [2.24, 2.45) is 0 Å². The summed E-state index contributed by atoms with van der Waals surface area (Å²) in [6.07, 6.45) is 0.888. The molecule has 26 heavy (non-hydrogen) atoms. The van der Waals surface area contributed by atoms with Crippen LogP contribution in [-0.2, 0) is 6.42 Å². The van der Waals surface area contributed by atoms with Crippen molar-refractivity contribution in [2.45, 2.75) is 13.3 Å². The molecule has 0 saturated carbocycles. The maximum Gasteiger partial charge on any atom is 0.0897 e. The summed E-state index contributed by atoms with van der Waals surface area (Å²) >= 11 is 1.72. The van der Waals surface area contributed by atoms with E-state index in [0.29, 0.717) is 0 Å². The van der Waals surface area contributed by atoms with E-state index in [2.05, 4.69) is 102 Å². The highest BCUT2D eigenvalue weighted by molar-refractivity contribution is 7.79. The van der Waals surface area contributed by atoms with E-state index in [1.807, 2.05) is 0 Å². The topological polar surface area (TPSA) is 12.9 Å². The molecule has 4 aromatic rings. The zero-order valence-electron chi connectivity index (χ0n) is 14.7. The van der Waals surface area contributed by atoms with Crippen molar-refractivity contribution in [1.82, 2.24) is 4.98 Å². The SMILES string of the molecule is Cc1nc(Cc2ccccc2P(c2ccccc2)c2ccccc2)cs1. The van der Waals surface area contributed by atoms with Gasteiger partial charge in [0.1, 0.15) is 0 Å². The summed E-state index contributed by atoms with van der Waals surface area (Å²) < 4.78 is 0. The lowest BCUT2D eigenvalue weighted by Gasteiger charge is -2.22. The molecule has 1 aromatic heterocycles. The summed E-state index contributed by atoms with van der Waals surface area (Å²) in [5, 5.41) is 7.50. The molecule has 0 unspecified atom stereocenters. The van der Waals surface area contributed by atoms with E-state index in [0.717, 1.165) is 17.1 Å². The first-order valence-corrected chi connectivity index (χ1v) is 10.9.